The second-order valence-electron chi connectivity index (χ2n) is 4.40. The number of nitrogens with one attached hydrogen (secondary N) is 1. The Morgan fingerprint density at radius 1 is 1.00 bits per heavy atom. The molecule has 2 rings (SSSR count). The van der Waals surface area contributed by atoms with Crippen molar-refractivity contribution in [2.45, 2.75) is 13.0 Å². The molecule has 0 aromatic heterocycles. The minimum absolute atomic E-state index is 0.0250. The molecule has 0 radical (unpaired) electrons. The van der Waals surface area contributed by atoms with Crippen molar-refractivity contribution in [1.29, 1.82) is 0 Å². The number of anilines is 1. The molecule has 0 saturated heterocycles. The van der Waals surface area contributed by atoms with Crippen LogP contribution in [0.1, 0.15) is 11.1 Å². The highest BCUT2D eigenvalue weighted by Gasteiger charge is 2.02. The van der Waals surface area contributed by atoms with Crippen LogP contribution in [-0.2, 0) is 17.8 Å². The van der Waals surface area contributed by atoms with Gasteiger partial charge in [-0.05, 0) is 23.3 Å². The minimum Gasteiger partial charge on any atom is -0.481 e. The predicted octanol–water partition coefficient (Wildman–Crippen LogP) is 3.20. The van der Waals surface area contributed by atoms with Gasteiger partial charge in [0.2, 0.25) is 0 Å². The van der Waals surface area contributed by atoms with E-state index in [1.165, 1.54) is 12.1 Å². The molecular formula is C15H13F2NO2. The molecule has 104 valence electrons. The smallest absolute Gasteiger partial charge is 0.307 e. The molecule has 0 bridgehead atoms. The normalized spacial score (nSPS) is 10.3. The molecule has 0 aliphatic carbocycles. The molecule has 0 heterocycles. The van der Waals surface area contributed by atoms with Crippen molar-refractivity contribution in [3.8, 4) is 0 Å². The summed E-state index contributed by atoms with van der Waals surface area (Å²) >= 11 is 0. The van der Waals surface area contributed by atoms with Crippen molar-refractivity contribution in [2.24, 2.45) is 0 Å². The number of carbonyl (C=O) groups is 1. The molecule has 0 aliphatic rings. The van der Waals surface area contributed by atoms with E-state index in [9.17, 15) is 13.6 Å². The van der Waals surface area contributed by atoms with Gasteiger partial charge >= 0.3 is 5.97 Å². The Labute approximate surface area is 114 Å². The SMILES string of the molecule is O=C(O)Cc1ccc(CNc2cc(F)cc(F)c2)cc1. The summed E-state index contributed by atoms with van der Waals surface area (Å²) in [6, 6.07) is 10.2. The van der Waals surface area contributed by atoms with Crippen molar-refractivity contribution in [3.05, 3.63) is 65.2 Å². The Balaban J connectivity index is 1.98. The molecule has 0 amide bonds. The number of aliphatic carboxylic acids is 1. The first-order valence-corrected chi connectivity index (χ1v) is 6.02. The second-order valence-corrected chi connectivity index (χ2v) is 4.40. The first-order valence-electron chi connectivity index (χ1n) is 6.02. The van der Waals surface area contributed by atoms with Crippen LogP contribution in [0.15, 0.2) is 42.5 Å². The number of hydrogen-bond donors (Lipinski definition) is 2. The lowest BCUT2D eigenvalue weighted by Crippen LogP contribution is -2.02. The quantitative estimate of drug-likeness (QED) is 0.882. The van der Waals surface area contributed by atoms with E-state index in [1.807, 2.05) is 0 Å². The third kappa shape index (κ3) is 4.05. The third-order valence-corrected chi connectivity index (χ3v) is 2.74. The zero-order valence-corrected chi connectivity index (χ0v) is 10.6. The van der Waals surface area contributed by atoms with Crippen molar-refractivity contribution in [3.63, 3.8) is 0 Å². The predicted molar refractivity (Wildman–Crippen MR) is 71.5 cm³/mol. The van der Waals surface area contributed by atoms with Crippen LogP contribution in [0.25, 0.3) is 0 Å². The Bertz CT molecular complexity index is 592. The fourth-order valence-electron chi connectivity index (χ4n) is 1.81. The molecular weight excluding hydrogens is 264 g/mol. The van der Waals surface area contributed by atoms with Crippen LogP contribution < -0.4 is 5.32 Å². The summed E-state index contributed by atoms with van der Waals surface area (Å²) in [6.45, 7) is 0.399. The number of benzene rings is 2. The van der Waals surface area contributed by atoms with Gasteiger partial charge in [0, 0.05) is 18.3 Å². The molecule has 3 nitrogen and oxygen atoms in total. The van der Waals surface area contributed by atoms with Crippen molar-refractivity contribution in [2.75, 3.05) is 5.32 Å². The molecule has 0 unspecified atom stereocenters. The van der Waals surface area contributed by atoms with Gasteiger partial charge in [-0.15, -0.1) is 0 Å². The first-order chi connectivity index (χ1) is 9.52. The van der Waals surface area contributed by atoms with E-state index in [2.05, 4.69) is 5.32 Å². The molecule has 0 aliphatic heterocycles. The average Bonchev–Trinajstić information content (AvgIpc) is 2.36. The summed E-state index contributed by atoms with van der Waals surface area (Å²) in [5.41, 5.74) is 1.96. The summed E-state index contributed by atoms with van der Waals surface area (Å²) in [4.78, 5) is 10.5. The first kappa shape index (κ1) is 14.0. The van der Waals surface area contributed by atoms with E-state index in [4.69, 9.17) is 5.11 Å². The molecule has 0 atom stereocenters. The third-order valence-electron chi connectivity index (χ3n) is 2.74. The van der Waals surface area contributed by atoms with Gasteiger partial charge in [0.25, 0.3) is 0 Å². The zero-order chi connectivity index (χ0) is 14.5. The topological polar surface area (TPSA) is 49.3 Å². The number of carboxylic acid groups (broad SMARTS) is 1. The monoisotopic (exact) mass is 277 g/mol. The lowest BCUT2D eigenvalue weighted by molar-refractivity contribution is -0.136. The molecule has 2 N–H and O–H groups in total. The summed E-state index contributed by atoms with van der Waals surface area (Å²) in [5, 5.41) is 11.6. The molecule has 0 spiro atoms. The molecule has 0 fully saturated rings. The van der Waals surface area contributed by atoms with Crippen LogP contribution in [0, 0.1) is 11.6 Å². The van der Waals surface area contributed by atoms with Crippen LogP contribution in [0.2, 0.25) is 0 Å². The summed E-state index contributed by atoms with van der Waals surface area (Å²) in [6.07, 6.45) is -0.0250. The molecule has 2 aromatic rings. The molecule has 20 heavy (non-hydrogen) atoms. The Morgan fingerprint density at radius 2 is 1.55 bits per heavy atom. The second kappa shape index (κ2) is 6.14. The minimum atomic E-state index is -0.883. The highest BCUT2D eigenvalue weighted by atomic mass is 19.1. The zero-order valence-electron chi connectivity index (χ0n) is 10.6. The lowest BCUT2D eigenvalue weighted by atomic mass is 10.1. The Hall–Kier alpha value is -2.43. The average molecular weight is 277 g/mol. The Morgan fingerprint density at radius 3 is 2.10 bits per heavy atom. The van der Waals surface area contributed by atoms with Gasteiger partial charge in [-0.3, -0.25) is 4.79 Å². The lowest BCUT2D eigenvalue weighted by Gasteiger charge is -2.07. The van der Waals surface area contributed by atoms with Crippen molar-refractivity contribution < 1.29 is 18.7 Å². The van der Waals surface area contributed by atoms with Gasteiger partial charge in [-0.25, -0.2) is 8.78 Å². The van der Waals surface area contributed by atoms with E-state index in [0.29, 0.717) is 17.8 Å². The Kier molecular flexibility index (Phi) is 4.30. The van der Waals surface area contributed by atoms with E-state index < -0.39 is 17.6 Å². The van der Waals surface area contributed by atoms with Crippen LogP contribution in [0.3, 0.4) is 0 Å². The summed E-state index contributed by atoms with van der Waals surface area (Å²) < 4.78 is 26.0. The fourth-order valence-corrected chi connectivity index (χ4v) is 1.81. The highest BCUT2D eigenvalue weighted by Crippen LogP contribution is 2.14. The van der Waals surface area contributed by atoms with Crippen molar-refractivity contribution in [1.82, 2.24) is 0 Å². The van der Waals surface area contributed by atoms with Gasteiger partial charge in [-0.1, -0.05) is 24.3 Å². The highest BCUT2D eigenvalue weighted by molar-refractivity contribution is 5.70. The maximum atomic E-state index is 13.0. The number of hydrogen-bond acceptors (Lipinski definition) is 2. The molecule has 2 aromatic carbocycles. The van der Waals surface area contributed by atoms with Gasteiger partial charge in [-0.2, -0.15) is 0 Å². The maximum Gasteiger partial charge on any atom is 0.307 e. The number of halogens is 2. The van der Waals surface area contributed by atoms with E-state index in [1.54, 1.807) is 24.3 Å². The molecule has 5 heteroatoms. The van der Waals surface area contributed by atoms with Crippen LogP contribution in [0.4, 0.5) is 14.5 Å². The summed E-state index contributed by atoms with van der Waals surface area (Å²) in [5.74, 6) is -2.15. The van der Waals surface area contributed by atoms with E-state index in [-0.39, 0.29) is 6.42 Å². The number of carboxylic acids is 1. The van der Waals surface area contributed by atoms with Gasteiger partial charge in [0.1, 0.15) is 11.6 Å². The van der Waals surface area contributed by atoms with Gasteiger partial charge in [0.15, 0.2) is 0 Å². The van der Waals surface area contributed by atoms with Gasteiger partial charge < -0.3 is 10.4 Å². The van der Waals surface area contributed by atoms with Crippen molar-refractivity contribution >= 4 is 11.7 Å². The van der Waals surface area contributed by atoms with E-state index >= 15 is 0 Å². The standard InChI is InChI=1S/C15H13F2NO2/c16-12-6-13(17)8-14(7-12)18-9-11-3-1-10(2-4-11)5-15(19)20/h1-4,6-8,18H,5,9H2,(H,19,20). The van der Waals surface area contributed by atoms with Crippen LogP contribution >= 0.6 is 0 Å². The largest absolute Gasteiger partial charge is 0.481 e. The van der Waals surface area contributed by atoms with Crippen LogP contribution in [0.5, 0.6) is 0 Å². The fraction of sp³-hybridized carbons (Fsp3) is 0.133. The maximum absolute atomic E-state index is 13.0. The number of rotatable bonds is 5. The van der Waals surface area contributed by atoms with Crippen LogP contribution in [-0.4, -0.2) is 11.1 Å². The molecule has 0 saturated carbocycles. The van der Waals surface area contributed by atoms with Gasteiger partial charge in [0.05, 0.1) is 6.42 Å². The van der Waals surface area contributed by atoms with E-state index in [0.717, 1.165) is 11.6 Å². The summed E-state index contributed by atoms with van der Waals surface area (Å²) in [7, 11) is 0.